The molecule has 0 saturated carbocycles. The summed E-state index contributed by atoms with van der Waals surface area (Å²) in [6, 6.07) is 5.24. The molecule has 0 unspecified atom stereocenters. The molecule has 0 aliphatic carbocycles. The molecule has 0 spiro atoms. The molecule has 0 saturated heterocycles. The Labute approximate surface area is 204 Å². The minimum Gasteiger partial charge on any atom is -0.420 e. The second-order valence-corrected chi connectivity index (χ2v) is 8.71. The van der Waals surface area contributed by atoms with Gasteiger partial charge in [0.25, 0.3) is 11.6 Å². The molecular weight excluding hydrogens is 516 g/mol. The summed E-state index contributed by atoms with van der Waals surface area (Å²) in [5, 5.41) is 17.9. The van der Waals surface area contributed by atoms with E-state index in [9.17, 15) is 41.3 Å². The topological polar surface area (TPSA) is 118 Å². The first-order valence-corrected chi connectivity index (χ1v) is 10.2. The van der Waals surface area contributed by atoms with Gasteiger partial charge < -0.3 is 13.9 Å². The first kappa shape index (κ1) is 27.4. The highest BCUT2D eigenvalue weighted by atomic mass is 19.4. The number of nitrogens with zero attached hydrogens (tertiary/aromatic N) is 3. The summed E-state index contributed by atoms with van der Waals surface area (Å²) < 4.78 is 94.6. The number of aromatic nitrogens is 2. The minimum atomic E-state index is -5.09. The molecule has 9 nitrogen and oxygen atoms in total. The Morgan fingerprint density at radius 1 is 0.946 bits per heavy atom. The van der Waals surface area contributed by atoms with Crippen LogP contribution in [0.2, 0.25) is 0 Å². The van der Waals surface area contributed by atoms with E-state index < -0.39 is 63.4 Å². The number of benzene rings is 2. The van der Waals surface area contributed by atoms with Crippen LogP contribution < -0.4 is 4.74 Å². The van der Waals surface area contributed by atoms with Gasteiger partial charge in [-0.05, 0) is 30.3 Å². The first-order chi connectivity index (χ1) is 16.9. The number of non-ortho nitro benzene ring substituents is 1. The standard InChI is InChI=1S/C22H17F6N3O6/c1-20(2,3)16(36-19(32)35-15-6-4-14(5-7-15)31(33)34)18-30-29-17(37-18)11-8-12(21(23,24)25)10-13(9-11)22(26,27)28/h4-10,16H,1-3H3/t16-/m1/s1. The second-order valence-electron chi connectivity index (χ2n) is 8.71. The van der Waals surface area contributed by atoms with Crippen molar-refractivity contribution in [1.82, 2.24) is 10.2 Å². The lowest BCUT2D eigenvalue weighted by atomic mass is 9.89. The SMILES string of the molecule is CC(C)(C)[C@H](OC(=O)Oc1ccc([N+](=O)[O-])cc1)c1nnc(-c2cc(C(F)(F)F)cc(C(F)(F)F)c2)o1. The van der Waals surface area contributed by atoms with E-state index in [1.165, 1.54) is 0 Å². The summed E-state index contributed by atoms with van der Waals surface area (Å²) in [5.74, 6) is -1.19. The number of hydrogen-bond acceptors (Lipinski definition) is 8. The van der Waals surface area contributed by atoms with Gasteiger partial charge in [0.15, 0.2) is 6.10 Å². The fraction of sp³-hybridized carbons (Fsp3) is 0.318. The fourth-order valence-electron chi connectivity index (χ4n) is 2.99. The number of carbonyl (C=O) groups is 1. The lowest BCUT2D eigenvalue weighted by molar-refractivity contribution is -0.384. The van der Waals surface area contributed by atoms with E-state index in [0.717, 1.165) is 24.3 Å². The Bertz CT molecular complexity index is 1260. The Kier molecular flexibility index (Phi) is 7.19. The van der Waals surface area contributed by atoms with E-state index >= 15 is 0 Å². The predicted octanol–water partition coefficient (Wildman–Crippen LogP) is 6.99. The van der Waals surface area contributed by atoms with Crippen LogP contribution in [-0.2, 0) is 17.1 Å². The number of hydrogen-bond donors (Lipinski definition) is 0. The number of nitro benzene ring substituents is 1. The normalized spacial score (nSPS) is 13.2. The lowest BCUT2D eigenvalue weighted by Gasteiger charge is -2.26. The molecule has 3 aromatic rings. The van der Waals surface area contributed by atoms with Crippen molar-refractivity contribution in [2.75, 3.05) is 0 Å². The van der Waals surface area contributed by atoms with Gasteiger partial charge in [-0.25, -0.2) is 4.79 Å². The van der Waals surface area contributed by atoms with E-state index in [4.69, 9.17) is 13.9 Å². The van der Waals surface area contributed by atoms with Gasteiger partial charge in [0.1, 0.15) is 5.75 Å². The van der Waals surface area contributed by atoms with Crippen LogP contribution in [0.25, 0.3) is 11.5 Å². The Morgan fingerprint density at radius 3 is 1.95 bits per heavy atom. The molecule has 1 heterocycles. The molecule has 3 rings (SSSR count). The van der Waals surface area contributed by atoms with Gasteiger partial charge in [-0.3, -0.25) is 10.1 Å². The van der Waals surface area contributed by atoms with Crippen LogP contribution in [0.4, 0.5) is 36.8 Å². The second kappa shape index (κ2) is 9.71. The third-order valence-corrected chi connectivity index (χ3v) is 4.75. The van der Waals surface area contributed by atoms with Crippen molar-refractivity contribution in [3.8, 4) is 17.2 Å². The zero-order valence-electron chi connectivity index (χ0n) is 19.2. The molecular formula is C22H17F6N3O6. The van der Waals surface area contributed by atoms with Crippen LogP contribution in [0, 0.1) is 15.5 Å². The van der Waals surface area contributed by atoms with Gasteiger partial charge in [0.2, 0.25) is 5.89 Å². The van der Waals surface area contributed by atoms with Gasteiger partial charge in [0.05, 0.1) is 16.1 Å². The van der Waals surface area contributed by atoms with Crippen LogP contribution in [0.15, 0.2) is 46.9 Å². The van der Waals surface area contributed by atoms with Crippen LogP contribution >= 0.6 is 0 Å². The molecule has 37 heavy (non-hydrogen) atoms. The largest absolute Gasteiger partial charge is 0.514 e. The predicted molar refractivity (Wildman–Crippen MR) is 112 cm³/mol. The molecule has 2 aromatic carbocycles. The first-order valence-electron chi connectivity index (χ1n) is 10.2. The molecule has 0 bridgehead atoms. The van der Waals surface area contributed by atoms with E-state index in [1.807, 2.05) is 0 Å². The van der Waals surface area contributed by atoms with E-state index in [0.29, 0.717) is 12.1 Å². The number of rotatable bonds is 5. The Morgan fingerprint density at radius 2 is 1.49 bits per heavy atom. The Balaban J connectivity index is 1.90. The van der Waals surface area contributed by atoms with Crippen molar-refractivity contribution in [1.29, 1.82) is 0 Å². The maximum Gasteiger partial charge on any atom is 0.514 e. The summed E-state index contributed by atoms with van der Waals surface area (Å²) in [7, 11) is 0. The van der Waals surface area contributed by atoms with Crippen LogP contribution in [0.3, 0.4) is 0 Å². The quantitative estimate of drug-likeness (QED) is 0.113. The van der Waals surface area contributed by atoms with Crippen molar-refractivity contribution < 1.29 is 50.0 Å². The maximum atomic E-state index is 13.2. The van der Waals surface area contributed by atoms with Gasteiger partial charge in [-0.15, -0.1) is 10.2 Å². The summed E-state index contributed by atoms with van der Waals surface area (Å²) >= 11 is 0. The van der Waals surface area contributed by atoms with Crippen molar-refractivity contribution in [2.45, 2.75) is 39.2 Å². The zero-order chi connectivity index (χ0) is 27.8. The number of alkyl halides is 6. The van der Waals surface area contributed by atoms with E-state index in [2.05, 4.69) is 10.2 Å². The van der Waals surface area contributed by atoms with E-state index in [1.54, 1.807) is 20.8 Å². The smallest absolute Gasteiger partial charge is 0.420 e. The third kappa shape index (κ3) is 6.74. The van der Waals surface area contributed by atoms with Crippen molar-refractivity contribution >= 4 is 11.8 Å². The molecule has 1 aromatic heterocycles. The highest BCUT2D eigenvalue weighted by Crippen LogP contribution is 2.40. The average Bonchev–Trinajstić information content (AvgIpc) is 3.25. The highest BCUT2D eigenvalue weighted by molar-refractivity contribution is 5.64. The summed E-state index contributed by atoms with van der Waals surface area (Å²) in [4.78, 5) is 22.4. The number of carbonyl (C=O) groups excluding carboxylic acids is 1. The van der Waals surface area contributed by atoms with Crippen LogP contribution in [0.5, 0.6) is 5.75 Å². The van der Waals surface area contributed by atoms with Crippen molar-refractivity contribution in [2.24, 2.45) is 5.41 Å². The van der Waals surface area contributed by atoms with Gasteiger partial charge in [-0.2, -0.15) is 26.3 Å². The molecule has 0 fully saturated rings. The molecule has 0 amide bonds. The summed E-state index contributed by atoms with van der Waals surface area (Å²) in [6.45, 7) is 4.73. The Hall–Kier alpha value is -4.17. The lowest BCUT2D eigenvalue weighted by Crippen LogP contribution is -2.26. The average molecular weight is 533 g/mol. The monoisotopic (exact) mass is 533 g/mol. The summed E-state index contributed by atoms with van der Waals surface area (Å²) in [6.07, 6.45) is -12.8. The number of halogens is 6. The molecule has 1 atom stereocenters. The summed E-state index contributed by atoms with van der Waals surface area (Å²) in [5.41, 5.74) is -5.01. The van der Waals surface area contributed by atoms with Crippen molar-refractivity contribution in [3.05, 3.63) is 69.6 Å². The van der Waals surface area contributed by atoms with Crippen molar-refractivity contribution in [3.63, 3.8) is 0 Å². The third-order valence-electron chi connectivity index (χ3n) is 4.75. The molecule has 198 valence electrons. The number of ether oxygens (including phenoxy) is 2. The minimum absolute atomic E-state index is 0.0456. The highest BCUT2D eigenvalue weighted by Gasteiger charge is 2.39. The molecule has 0 N–H and O–H groups in total. The molecule has 0 aliphatic heterocycles. The fourth-order valence-corrected chi connectivity index (χ4v) is 2.99. The van der Waals surface area contributed by atoms with Gasteiger partial charge in [-0.1, -0.05) is 20.8 Å². The maximum absolute atomic E-state index is 13.2. The van der Waals surface area contributed by atoms with E-state index in [-0.39, 0.29) is 17.5 Å². The molecule has 15 heteroatoms. The van der Waals surface area contributed by atoms with Gasteiger partial charge >= 0.3 is 18.5 Å². The molecule has 0 aliphatic rings. The van der Waals surface area contributed by atoms with Crippen LogP contribution in [0.1, 0.15) is 43.9 Å². The van der Waals surface area contributed by atoms with Gasteiger partial charge in [0, 0.05) is 23.1 Å². The molecule has 0 radical (unpaired) electrons. The van der Waals surface area contributed by atoms with Crippen LogP contribution in [-0.4, -0.2) is 21.3 Å². The number of nitro groups is 1. The zero-order valence-corrected chi connectivity index (χ0v) is 19.2.